The first-order chi connectivity index (χ1) is 10.2. The van der Waals surface area contributed by atoms with Gasteiger partial charge in [-0.25, -0.2) is 0 Å². The van der Waals surface area contributed by atoms with E-state index in [2.05, 4.69) is 15.5 Å². The highest BCUT2D eigenvalue weighted by Gasteiger charge is 2.18. The van der Waals surface area contributed by atoms with Gasteiger partial charge in [0.25, 0.3) is 5.91 Å². The van der Waals surface area contributed by atoms with Crippen LogP contribution in [-0.4, -0.2) is 33.0 Å². The van der Waals surface area contributed by atoms with Crippen molar-refractivity contribution < 1.29 is 9.53 Å². The van der Waals surface area contributed by atoms with Crippen LogP contribution in [0.5, 0.6) is 5.75 Å². The molecule has 0 saturated carbocycles. The molecule has 1 amide bonds. The summed E-state index contributed by atoms with van der Waals surface area (Å²) in [5.74, 6) is 2.02. The lowest BCUT2D eigenvalue weighted by molar-refractivity contribution is -0.118. The highest BCUT2D eigenvalue weighted by molar-refractivity contribution is 7.99. The predicted molar refractivity (Wildman–Crippen MR) is 80.7 cm³/mol. The Balaban J connectivity index is 1.60. The predicted octanol–water partition coefficient (Wildman–Crippen LogP) is 2.10. The Morgan fingerprint density at radius 3 is 3.14 bits per heavy atom. The summed E-state index contributed by atoms with van der Waals surface area (Å²) in [5.41, 5.74) is 1.00. The van der Waals surface area contributed by atoms with Crippen LogP contribution in [0.15, 0.2) is 29.4 Å². The molecule has 1 N–H and O–H groups in total. The molecule has 1 aromatic carbocycles. The van der Waals surface area contributed by atoms with Crippen molar-refractivity contribution in [3.8, 4) is 5.75 Å². The molecule has 2 heterocycles. The van der Waals surface area contributed by atoms with Crippen molar-refractivity contribution in [3.63, 3.8) is 0 Å². The number of carbonyl (C=O) groups is 1. The van der Waals surface area contributed by atoms with Crippen LogP contribution in [0.1, 0.15) is 12.0 Å². The lowest BCUT2D eigenvalue weighted by atomic mass is 10.2. The number of aromatic nitrogens is 3. The van der Waals surface area contributed by atoms with E-state index in [1.165, 1.54) is 0 Å². The standard InChI is InChI=1S/C14H16N4O2S/c1-10-5-2-3-6-11(10)20-9-12(19)15-13-16-17-14-18(13)7-4-8-21-14/h2-3,5-6H,4,7-9H2,1H3,(H,15,16,19). The second-order valence-corrected chi connectivity index (χ2v) is 5.82. The average molecular weight is 304 g/mol. The van der Waals surface area contributed by atoms with Gasteiger partial charge in [-0.05, 0) is 25.0 Å². The largest absolute Gasteiger partial charge is 0.483 e. The van der Waals surface area contributed by atoms with E-state index in [-0.39, 0.29) is 12.5 Å². The number of aryl methyl sites for hydroxylation is 1. The minimum Gasteiger partial charge on any atom is -0.483 e. The number of carbonyl (C=O) groups excluding carboxylic acids is 1. The van der Waals surface area contributed by atoms with Gasteiger partial charge in [0.05, 0.1) is 0 Å². The summed E-state index contributed by atoms with van der Waals surface area (Å²) < 4.78 is 7.45. The second-order valence-electron chi connectivity index (χ2n) is 4.76. The van der Waals surface area contributed by atoms with Crippen LogP contribution in [0.4, 0.5) is 5.95 Å². The molecule has 0 unspecified atom stereocenters. The highest BCUT2D eigenvalue weighted by atomic mass is 32.2. The van der Waals surface area contributed by atoms with E-state index in [0.29, 0.717) is 11.7 Å². The molecule has 0 radical (unpaired) electrons. The molecular weight excluding hydrogens is 288 g/mol. The van der Waals surface area contributed by atoms with Crippen LogP contribution < -0.4 is 10.1 Å². The van der Waals surface area contributed by atoms with Crippen LogP contribution in [0, 0.1) is 6.92 Å². The quantitative estimate of drug-likeness (QED) is 0.937. The van der Waals surface area contributed by atoms with Crippen LogP contribution in [0.3, 0.4) is 0 Å². The summed E-state index contributed by atoms with van der Waals surface area (Å²) in [6, 6.07) is 7.60. The number of para-hydroxylation sites is 1. The van der Waals surface area contributed by atoms with Crippen molar-refractivity contribution in [2.24, 2.45) is 0 Å². The summed E-state index contributed by atoms with van der Waals surface area (Å²) in [6.45, 7) is 2.74. The molecule has 110 valence electrons. The fraction of sp³-hybridized carbons (Fsp3) is 0.357. The van der Waals surface area contributed by atoms with Crippen LogP contribution >= 0.6 is 11.8 Å². The number of nitrogens with zero attached hydrogens (tertiary/aromatic N) is 3. The third-order valence-electron chi connectivity index (χ3n) is 3.18. The van der Waals surface area contributed by atoms with E-state index >= 15 is 0 Å². The van der Waals surface area contributed by atoms with Crippen LogP contribution in [0.25, 0.3) is 0 Å². The minimum absolute atomic E-state index is 0.0415. The molecule has 7 heteroatoms. The molecule has 3 rings (SSSR count). The van der Waals surface area contributed by atoms with Gasteiger partial charge in [0.2, 0.25) is 5.95 Å². The number of anilines is 1. The van der Waals surface area contributed by atoms with Crippen molar-refractivity contribution in [2.45, 2.75) is 25.0 Å². The third-order valence-corrected chi connectivity index (χ3v) is 4.23. The zero-order valence-corrected chi connectivity index (χ0v) is 12.5. The summed E-state index contributed by atoms with van der Waals surface area (Å²) in [6.07, 6.45) is 1.05. The zero-order valence-electron chi connectivity index (χ0n) is 11.7. The maximum absolute atomic E-state index is 12.0. The molecule has 1 aliphatic rings. The van der Waals surface area contributed by atoms with Gasteiger partial charge in [-0.2, -0.15) is 0 Å². The fourth-order valence-corrected chi connectivity index (χ4v) is 2.99. The number of nitrogens with one attached hydrogen (secondary N) is 1. The lowest BCUT2D eigenvalue weighted by Crippen LogP contribution is -2.23. The maximum Gasteiger partial charge on any atom is 0.264 e. The number of amides is 1. The van der Waals surface area contributed by atoms with E-state index in [1.807, 2.05) is 35.8 Å². The van der Waals surface area contributed by atoms with Gasteiger partial charge >= 0.3 is 0 Å². The Labute approximate surface area is 126 Å². The van der Waals surface area contributed by atoms with Gasteiger partial charge in [-0.1, -0.05) is 30.0 Å². The smallest absolute Gasteiger partial charge is 0.264 e. The summed E-state index contributed by atoms with van der Waals surface area (Å²) >= 11 is 1.66. The number of hydrogen-bond donors (Lipinski definition) is 1. The van der Waals surface area contributed by atoms with Gasteiger partial charge in [0, 0.05) is 12.3 Å². The van der Waals surface area contributed by atoms with Crippen molar-refractivity contribution in [3.05, 3.63) is 29.8 Å². The Morgan fingerprint density at radius 2 is 2.29 bits per heavy atom. The first kappa shape index (κ1) is 13.9. The topological polar surface area (TPSA) is 69.0 Å². The zero-order chi connectivity index (χ0) is 14.7. The van der Waals surface area contributed by atoms with Gasteiger partial charge in [-0.3, -0.25) is 14.7 Å². The normalized spacial score (nSPS) is 13.6. The SMILES string of the molecule is Cc1ccccc1OCC(=O)Nc1nnc2n1CCCS2. The van der Waals surface area contributed by atoms with Crippen molar-refractivity contribution in [1.82, 2.24) is 14.8 Å². The fourth-order valence-electron chi connectivity index (χ4n) is 2.10. The second kappa shape index (κ2) is 6.17. The summed E-state index contributed by atoms with van der Waals surface area (Å²) in [4.78, 5) is 12.0. The average Bonchev–Trinajstić information content (AvgIpc) is 2.90. The number of ether oxygens (including phenoxy) is 1. The van der Waals surface area contributed by atoms with E-state index in [0.717, 1.165) is 29.4 Å². The summed E-state index contributed by atoms with van der Waals surface area (Å²) in [7, 11) is 0. The molecule has 1 aliphatic heterocycles. The summed E-state index contributed by atoms with van der Waals surface area (Å²) in [5, 5.41) is 11.7. The Hall–Kier alpha value is -2.02. The van der Waals surface area contributed by atoms with E-state index < -0.39 is 0 Å². The van der Waals surface area contributed by atoms with Crippen LogP contribution in [-0.2, 0) is 11.3 Å². The molecule has 2 aromatic rings. The number of rotatable bonds is 4. The molecular formula is C14H16N4O2S. The van der Waals surface area contributed by atoms with Crippen LogP contribution in [0.2, 0.25) is 0 Å². The highest BCUT2D eigenvalue weighted by Crippen LogP contribution is 2.25. The molecule has 0 fully saturated rings. The number of fused-ring (bicyclic) bond motifs is 1. The number of benzene rings is 1. The molecule has 6 nitrogen and oxygen atoms in total. The van der Waals surface area contributed by atoms with E-state index in [1.54, 1.807) is 11.8 Å². The van der Waals surface area contributed by atoms with Gasteiger partial charge in [-0.15, -0.1) is 10.2 Å². The number of thioether (sulfide) groups is 1. The first-order valence-corrected chi connectivity index (χ1v) is 7.77. The van der Waals surface area contributed by atoms with E-state index in [4.69, 9.17) is 4.74 Å². The third kappa shape index (κ3) is 3.18. The molecule has 0 aliphatic carbocycles. The first-order valence-electron chi connectivity index (χ1n) is 6.78. The Bertz CT molecular complexity index is 656. The number of hydrogen-bond acceptors (Lipinski definition) is 5. The molecule has 21 heavy (non-hydrogen) atoms. The molecule has 0 saturated heterocycles. The Morgan fingerprint density at radius 1 is 1.43 bits per heavy atom. The van der Waals surface area contributed by atoms with Crippen molar-refractivity contribution >= 4 is 23.6 Å². The molecule has 0 bridgehead atoms. The van der Waals surface area contributed by atoms with E-state index in [9.17, 15) is 4.79 Å². The van der Waals surface area contributed by atoms with Gasteiger partial charge in [0.15, 0.2) is 11.8 Å². The lowest BCUT2D eigenvalue weighted by Gasteiger charge is -2.14. The van der Waals surface area contributed by atoms with Gasteiger partial charge in [0.1, 0.15) is 5.75 Å². The molecule has 0 spiro atoms. The minimum atomic E-state index is -0.232. The maximum atomic E-state index is 12.0. The van der Waals surface area contributed by atoms with Crippen molar-refractivity contribution in [2.75, 3.05) is 17.7 Å². The van der Waals surface area contributed by atoms with Gasteiger partial charge < -0.3 is 4.74 Å². The van der Waals surface area contributed by atoms with Crippen molar-refractivity contribution in [1.29, 1.82) is 0 Å². The Kier molecular flexibility index (Phi) is 4.10. The molecule has 1 aromatic heterocycles. The molecule has 0 atom stereocenters. The monoisotopic (exact) mass is 304 g/mol.